The van der Waals surface area contributed by atoms with Crippen LogP contribution in [0.2, 0.25) is 0 Å². The molecular formula is C13H22N2O. The molecule has 0 saturated carbocycles. The summed E-state index contributed by atoms with van der Waals surface area (Å²) < 4.78 is 0. The molecule has 1 rings (SSSR count). The lowest BCUT2D eigenvalue weighted by Crippen LogP contribution is -2.35. The first-order valence-corrected chi connectivity index (χ1v) is 5.64. The van der Waals surface area contributed by atoms with Crippen LogP contribution in [0.15, 0.2) is 12.1 Å². The molecule has 0 spiro atoms. The van der Waals surface area contributed by atoms with Crippen molar-refractivity contribution in [3.63, 3.8) is 0 Å². The summed E-state index contributed by atoms with van der Waals surface area (Å²) in [5.41, 5.74) is 10.3. The minimum Gasteiger partial charge on any atom is -0.390 e. The van der Waals surface area contributed by atoms with Gasteiger partial charge in [-0.15, -0.1) is 0 Å². The highest BCUT2D eigenvalue weighted by molar-refractivity contribution is 5.38. The molecule has 4 N–H and O–H groups in total. The molecule has 2 unspecified atom stereocenters. The van der Waals surface area contributed by atoms with E-state index in [1.54, 1.807) is 0 Å². The largest absolute Gasteiger partial charge is 0.390 e. The summed E-state index contributed by atoms with van der Waals surface area (Å²) in [7, 11) is 1.85. The second kappa shape index (κ2) is 5.43. The summed E-state index contributed by atoms with van der Waals surface area (Å²) in [6.45, 7) is 6.51. The fraction of sp³-hybridized carbons (Fsp3) is 0.538. The third kappa shape index (κ3) is 2.61. The molecule has 0 aliphatic rings. The Hall–Kier alpha value is -0.900. The molecule has 90 valence electrons. The average molecular weight is 222 g/mol. The van der Waals surface area contributed by atoms with Crippen LogP contribution in [0.4, 0.5) is 0 Å². The Bertz CT molecular complexity index is 363. The molecule has 0 radical (unpaired) electrons. The van der Waals surface area contributed by atoms with E-state index in [1.165, 1.54) is 16.7 Å². The third-order valence-electron chi connectivity index (χ3n) is 3.15. The van der Waals surface area contributed by atoms with Gasteiger partial charge in [0, 0.05) is 6.54 Å². The van der Waals surface area contributed by atoms with Crippen LogP contribution in [0, 0.1) is 20.8 Å². The van der Waals surface area contributed by atoms with E-state index in [9.17, 15) is 5.11 Å². The Morgan fingerprint density at radius 2 is 1.75 bits per heavy atom. The van der Waals surface area contributed by atoms with Crippen LogP contribution >= 0.6 is 0 Å². The van der Waals surface area contributed by atoms with Gasteiger partial charge in [0.25, 0.3) is 0 Å². The van der Waals surface area contributed by atoms with Crippen LogP contribution in [-0.2, 0) is 0 Å². The minimum absolute atomic E-state index is 0.0932. The molecule has 0 heterocycles. The first-order valence-electron chi connectivity index (χ1n) is 5.64. The molecule has 0 fully saturated rings. The molecule has 0 saturated heterocycles. The molecule has 16 heavy (non-hydrogen) atoms. The molecule has 2 atom stereocenters. The lowest BCUT2D eigenvalue weighted by Gasteiger charge is -2.24. The second-order valence-corrected chi connectivity index (χ2v) is 4.36. The van der Waals surface area contributed by atoms with Crippen LogP contribution in [0.5, 0.6) is 0 Å². The van der Waals surface area contributed by atoms with E-state index in [2.05, 4.69) is 38.2 Å². The lowest BCUT2D eigenvalue weighted by molar-refractivity contribution is 0.139. The molecule has 3 nitrogen and oxygen atoms in total. The van der Waals surface area contributed by atoms with Gasteiger partial charge in [-0.25, -0.2) is 0 Å². The molecule has 0 aliphatic carbocycles. The van der Waals surface area contributed by atoms with Crippen molar-refractivity contribution >= 4 is 0 Å². The van der Waals surface area contributed by atoms with Crippen molar-refractivity contribution in [3.8, 4) is 0 Å². The Balaban J connectivity index is 3.15. The molecule has 1 aromatic rings. The van der Waals surface area contributed by atoms with Crippen LogP contribution < -0.4 is 11.1 Å². The summed E-state index contributed by atoms with van der Waals surface area (Å²) in [6, 6.07) is 4.19. The summed E-state index contributed by atoms with van der Waals surface area (Å²) in [4.78, 5) is 0. The highest BCUT2D eigenvalue weighted by Gasteiger charge is 2.20. The zero-order valence-electron chi connectivity index (χ0n) is 10.5. The Kier molecular flexibility index (Phi) is 4.47. The van der Waals surface area contributed by atoms with Gasteiger partial charge >= 0.3 is 0 Å². The Labute approximate surface area is 97.7 Å². The normalized spacial score (nSPS) is 14.9. The summed E-state index contributed by atoms with van der Waals surface area (Å²) in [5, 5.41) is 13.0. The van der Waals surface area contributed by atoms with E-state index in [0.717, 1.165) is 5.56 Å². The van der Waals surface area contributed by atoms with Crippen LogP contribution in [-0.4, -0.2) is 24.8 Å². The molecule has 0 aromatic heterocycles. The monoisotopic (exact) mass is 222 g/mol. The van der Waals surface area contributed by atoms with Crippen molar-refractivity contribution in [2.24, 2.45) is 5.73 Å². The van der Waals surface area contributed by atoms with Crippen molar-refractivity contribution in [1.29, 1.82) is 0 Å². The molecule has 1 aromatic carbocycles. The van der Waals surface area contributed by atoms with Crippen molar-refractivity contribution in [1.82, 2.24) is 5.32 Å². The zero-order valence-corrected chi connectivity index (χ0v) is 10.5. The number of aliphatic hydroxyl groups excluding tert-OH is 1. The number of aryl methyl sites for hydroxylation is 3. The highest BCUT2D eigenvalue weighted by atomic mass is 16.3. The fourth-order valence-corrected chi connectivity index (χ4v) is 2.01. The van der Waals surface area contributed by atoms with Crippen molar-refractivity contribution in [3.05, 3.63) is 34.4 Å². The first kappa shape index (κ1) is 13.2. The van der Waals surface area contributed by atoms with Crippen molar-refractivity contribution in [2.45, 2.75) is 32.9 Å². The molecular weight excluding hydrogens is 200 g/mol. The predicted molar refractivity (Wildman–Crippen MR) is 67.5 cm³/mol. The van der Waals surface area contributed by atoms with Gasteiger partial charge in [-0.05, 0) is 50.1 Å². The Morgan fingerprint density at radius 3 is 2.25 bits per heavy atom. The molecule has 3 heteroatoms. The Morgan fingerprint density at radius 1 is 1.19 bits per heavy atom. The number of nitrogens with two attached hydrogens (primary N) is 1. The number of nitrogens with one attached hydrogen (secondary N) is 1. The second-order valence-electron chi connectivity index (χ2n) is 4.36. The van der Waals surface area contributed by atoms with Crippen LogP contribution in [0.3, 0.4) is 0 Å². The van der Waals surface area contributed by atoms with Gasteiger partial charge < -0.3 is 16.2 Å². The van der Waals surface area contributed by atoms with Gasteiger partial charge in [0.05, 0.1) is 12.1 Å². The van der Waals surface area contributed by atoms with Crippen LogP contribution in [0.25, 0.3) is 0 Å². The number of aliphatic hydroxyl groups is 1. The van der Waals surface area contributed by atoms with E-state index in [1.807, 2.05) is 7.05 Å². The molecule has 0 bridgehead atoms. The lowest BCUT2D eigenvalue weighted by atomic mass is 9.93. The minimum atomic E-state index is -0.550. The van der Waals surface area contributed by atoms with Gasteiger partial charge in [0.2, 0.25) is 0 Å². The average Bonchev–Trinajstić information content (AvgIpc) is 2.26. The number of rotatable bonds is 4. The maximum atomic E-state index is 9.87. The summed E-state index contributed by atoms with van der Waals surface area (Å²) >= 11 is 0. The van der Waals surface area contributed by atoms with E-state index in [-0.39, 0.29) is 12.6 Å². The molecule has 0 aliphatic heterocycles. The van der Waals surface area contributed by atoms with Gasteiger partial charge in [-0.1, -0.05) is 12.1 Å². The summed E-state index contributed by atoms with van der Waals surface area (Å²) in [5.74, 6) is 0. The maximum absolute atomic E-state index is 9.87. The van der Waals surface area contributed by atoms with Gasteiger partial charge in [-0.3, -0.25) is 0 Å². The maximum Gasteiger partial charge on any atom is 0.0856 e. The van der Waals surface area contributed by atoms with E-state index >= 15 is 0 Å². The predicted octanol–water partition coefficient (Wildman–Crippen LogP) is 1.19. The SMILES string of the molecule is CNC(c1cc(C)c(C)cc1C)C(O)CN. The van der Waals surface area contributed by atoms with Crippen LogP contribution in [0.1, 0.15) is 28.3 Å². The number of likely N-dealkylation sites (N-methyl/N-ethyl adjacent to an activating group) is 1. The zero-order chi connectivity index (χ0) is 12.3. The van der Waals surface area contributed by atoms with Gasteiger partial charge in [0.15, 0.2) is 0 Å². The summed E-state index contributed by atoms with van der Waals surface area (Å²) in [6.07, 6.45) is -0.550. The topological polar surface area (TPSA) is 58.3 Å². The van der Waals surface area contributed by atoms with Crippen molar-refractivity contribution < 1.29 is 5.11 Å². The molecule has 0 amide bonds. The number of benzene rings is 1. The first-order chi connectivity index (χ1) is 7.51. The van der Waals surface area contributed by atoms with Gasteiger partial charge in [0.1, 0.15) is 0 Å². The van der Waals surface area contributed by atoms with Crippen molar-refractivity contribution in [2.75, 3.05) is 13.6 Å². The quantitative estimate of drug-likeness (QED) is 0.717. The van der Waals surface area contributed by atoms with E-state index in [0.29, 0.717) is 0 Å². The van der Waals surface area contributed by atoms with Gasteiger partial charge in [-0.2, -0.15) is 0 Å². The smallest absolute Gasteiger partial charge is 0.0856 e. The number of hydrogen-bond donors (Lipinski definition) is 3. The van der Waals surface area contributed by atoms with E-state index in [4.69, 9.17) is 5.73 Å². The third-order valence-corrected chi connectivity index (χ3v) is 3.15. The fourth-order valence-electron chi connectivity index (χ4n) is 2.01. The standard InChI is InChI=1S/C13H22N2O/c1-8-5-10(3)11(6-9(8)2)13(15-4)12(16)7-14/h5-6,12-13,15-16H,7,14H2,1-4H3. The highest BCUT2D eigenvalue weighted by Crippen LogP contribution is 2.23. The van der Waals surface area contributed by atoms with E-state index < -0.39 is 6.10 Å². The number of hydrogen-bond acceptors (Lipinski definition) is 3.